The first-order chi connectivity index (χ1) is 7.39. The van der Waals surface area contributed by atoms with Crippen molar-refractivity contribution in [3.63, 3.8) is 0 Å². The lowest BCUT2D eigenvalue weighted by Crippen LogP contribution is -2.20. The van der Waals surface area contributed by atoms with E-state index in [1.807, 2.05) is 0 Å². The van der Waals surface area contributed by atoms with Gasteiger partial charge in [-0.15, -0.1) is 13.2 Å². The minimum absolute atomic E-state index is 0.00571. The van der Waals surface area contributed by atoms with Crippen molar-refractivity contribution in [3.8, 4) is 5.75 Å². The molecule has 0 aliphatic rings. The van der Waals surface area contributed by atoms with Crippen LogP contribution in [-0.2, 0) is 13.2 Å². The molecule has 4 nitrogen and oxygen atoms in total. The molecule has 0 fully saturated rings. The summed E-state index contributed by atoms with van der Waals surface area (Å²) in [6.07, 6.45) is -3.68. The maximum absolute atomic E-state index is 12.1. The molecule has 1 heterocycles. The van der Waals surface area contributed by atoms with E-state index in [9.17, 15) is 13.2 Å². The van der Waals surface area contributed by atoms with Crippen molar-refractivity contribution in [2.45, 2.75) is 26.4 Å². The van der Waals surface area contributed by atoms with Crippen molar-refractivity contribution in [1.82, 2.24) is 4.98 Å². The van der Waals surface area contributed by atoms with Gasteiger partial charge in [-0.3, -0.25) is 4.98 Å². The third kappa shape index (κ3) is 2.83. The summed E-state index contributed by atoms with van der Waals surface area (Å²) in [6, 6.07) is 0. The molecule has 0 aliphatic carbocycles. The van der Waals surface area contributed by atoms with Crippen LogP contribution in [0.2, 0.25) is 0 Å². The Hall–Kier alpha value is -1.34. The van der Waals surface area contributed by atoms with Gasteiger partial charge in [-0.1, -0.05) is 0 Å². The zero-order valence-electron chi connectivity index (χ0n) is 8.51. The van der Waals surface area contributed by atoms with Crippen molar-refractivity contribution >= 4 is 0 Å². The fourth-order valence-electron chi connectivity index (χ4n) is 1.26. The third-order valence-electron chi connectivity index (χ3n) is 2.02. The van der Waals surface area contributed by atoms with E-state index in [0.717, 1.165) is 6.20 Å². The van der Waals surface area contributed by atoms with Gasteiger partial charge < -0.3 is 15.6 Å². The number of aliphatic hydroxyl groups excluding tert-OH is 1. The van der Waals surface area contributed by atoms with Crippen LogP contribution in [0.5, 0.6) is 5.75 Å². The molecule has 0 amide bonds. The molecule has 0 radical (unpaired) electrons. The van der Waals surface area contributed by atoms with Crippen LogP contribution < -0.4 is 10.5 Å². The van der Waals surface area contributed by atoms with Gasteiger partial charge in [0.15, 0.2) is 0 Å². The predicted molar refractivity (Wildman–Crippen MR) is 49.5 cm³/mol. The van der Waals surface area contributed by atoms with E-state index in [2.05, 4.69) is 9.72 Å². The Kier molecular flexibility index (Phi) is 3.71. The molecule has 0 aromatic carbocycles. The highest BCUT2D eigenvalue weighted by Crippen LogP contribution is 2.30. The number of pyridine rings is 1. The summed E-state index contributed by atoms with van der Waals surface area (Å²) in [4.78, 5) is 3.83. The summed E-state index contributed by atoms with van der Waals surface area (Å²) in [7, 11) is 0. The van der Waals surface area contributed by atoms with Crippen molar-refractivity contribution in [2.75, 3.05) is 0 Å². The number of nitrogens with zero attached hydrogens (tertiary/aromatic N) is 1. The standard InChI is InChI=1S/C9H11F3N2O2/c1-5-7(2-13)14-3-6(4-15)8(5)16-9(10,11)12/h3,15H,2,4,13H2,1H3. The van der Waals surface area contributed by atoms with Gasteiger partial charge in [0, 0.05) is 23.9 Å². The number of aliphatic hydroxyl groups is 1. The zero-order valence-corrected chi connectivity index (χ0v) is 8.51. The highest BCUT2D eigenvalue weighted by Gasteiger charge is 2.33. The summed E-state index contributed by atoms with van der Waals surface area (Å²) >= 11 is 0. The molecule has 90 valence electrons. The van der Waals surface area contributed by atoms with Crippen LogP contribution >= 0.6 is 0 Å². The monoisotopic (exact) mass is 236 g/mol. The lowest BCUT2D eigenvalue weighted by atomic mass is 10.1. The molecule has 0 atom stereocenters. The Morgan fingerprint density at radius 1 is 1.50 bits per heavy atom. The Labute approximate surface area is 89.9 Å². The number of hydrogen-bond donors (Lipinski definition) is 2. The third-order valence-corrected chi connectivity index (χ3v) is 2.02. The van der Waals surface area contributed by atoms with Crippen LogP contribution in [0.4, 0.5) is 13.2 Å². The number of aromatic nitrogens is 1. The molecule has 1 rings (SSSR count). The van der Waals surface area contributed by atoms with Crippen LogP contribution in [0.1, 0.15) is 16.8 Å². The van der Waals surface area contributed by atoms with E-state index in [1.54, 1.807) is 0 Å². The fourth-order valence-corrected chi connectivity index (χ4v) is 1.26. The second kappa shape index (κ2) is 4.67. The van der Waals surface area contributed by atoms with E-state index in [-0.39, 0.29) is 17.7 Å². The van der Waals surface area contributed by atoms with Gasteiger partial charge in [-0.2, -0.15) is 0 Å². The van der Waals surface area contributed by atoms with E-state index in [0.29, 0.717) is 5.69 Å². The molecule has 0 saturated carbocycles. The largest absolute Gasteiger partial charge is 0.573 e. The number of ether oxygens (including phenoxy) is 1. The van der Waals surface area contributed by atoms with E-state index in [1.165, 1.54) is 6.92 Å². The molecule has 16 heavy (non-hydrogen) atoms. The van der Waals surface area contributed by atoms with Crippen molar-refractivity contribution < 1.29 is 23.0 Å². The first kappa shape index (κ1) is 12.7. The predicted octanol–water partition coefficient (Wildman–Crippen LogP) is 1.24. The molecular weight excluding hydrogens is 225 g/mol. The Balaban J connectivity index is 3.21. The fraction of sp³-hybridized carbons (Fsp3) is 0.444. The van der Waals surface area contributed by atoms with Crippen molar-refractivity contribution in [3.05, 3.63) is 23.0 Å². The molecular formula is C9H11F3N2O2. The first-order valence-electron chi connectivity index (χ1n) is 4.43. The molecule has 1 aromatic rings. The SMILES string of the molecule is Cc1c(CN)ncc(CO)c1OC(F)(F)F. The second-order valence-corrected chi connectivity index (χ2v) is 3.09. The van der Waals surface area contributed by atoms with Crippen LogP contribution in [0, 0.1) is 6.92 Å². The van der Waals surface area contributed by atoms with Gasteiger partial charge in [0.1, 0.15) is 5.75 Å². The van der Waals surface area contributed by atoms with E-state index < -0.39 is 18.7 Å². The van der Waals surface area contributed by atoms with Gasteiger partial charge in [0.2, 0.25) is 0 Å². The Morgan fingerprint density at radius 2 is 2.12 bits per heavy atom. The first-order valence-corrected chi connectivity index (χ1v) is 4.43. The van der Waals surface area contributed by atoms with Crippen molar-refractivity contribution in [1.29, 1.82) is 0 Å². The molecule has 0 bridgehead atoms. The molecule has 0 saturated heterocycles. The molecule has 0 unspecified atom stereocenters. The highest BCUT2D eigenvalue weighted by atomic mass is 19.4. The zero-order chi connectivity index (χ0) is 12.3. The highest BCUT2D eigenvalue weighted by molar-refractivity contribution is 5.41. The van der Waals surface area contributed by atoms with Crippen molar-refractivity contribution in [2.24, 2.45) is 5.73 Å². The Morgan fingerprint density at radius 3 is 2.56 bits per heavy atom. The second-order valence-electron chi connectivity index (χ2n) is 3.09. The van der Waals surface area contributed by atoms with Gasteiger partial charge >= 0.3 is 6.36 Å². The lowest BCUT2D eigenvalue weighted by Gasteiger charge is -2.16. The van der Waals surface area contributed by atoms with Crippen LogP contribution in [0.15, 0.2) is 6.20 Å². The van der Waals surface area contributed by atoms with Crippen LogP contribution in [0.25, 0.3) is 0 Å². The summed E-state index contributed by atoms with van der Waals surface area (Å²) in [6.45, 7) is 0.839. The minimum Gasteiger partial charge on any atom is -0.405 e. The average Bonchev–Trinajstić information content (AvgIpc) is 2.19. The number of hydrogen-bond acceptors (Lipinski definition) is 4. The normalized spacial score (nSPS) is 11.6. The maximum atomic E-state index is 12.1. The molecule has 7 heteroatoms. The molecule has 3 N–H and O–H groups in total. The lowest BCUT2D eigenvalue weighted by molar-refractivity contribution is -0.275. The van der Waals surface area contributed by atoms with Crippen LogP contribution in [0.3, 0.4) is 0 Å². The van der Waals surface area contributed by atoms with E-state index >= 15 is 0 Å². The smallest absolute Gasteiger partial charge is 0.405 e. The topological polar surface area (TPSA) is 68.4 Å². The number of nitrogens with two attached hydrogens (primary N) is 1. The Bertz CT molecular complexity index is 380. The molecule has 1 aromatic heterocycles. The molecule has 0 aliphatic heterocycles. The van der Waals surface area contributed by atoms with Gasteiger partial charge in [-0.05, 0) is 6.92 Å². The van der Waals surface area contributed by atoms with Gasteiger partial charge in [-0.25, -0.2) is 0 Å². The minimum atomic E-state index is -4.80. The average molecular weight is 236 g/mol. The molecule has 0 spiro atoms. The summed E-state index contributed by atoms with van der Waals surface area (Å²) < 4.78 is 40.2. The quantitative estimate of drug-likeness (QED) is 0.828. The van der Waals surface area contributed by atoms with E-state index in [4.69, 9.17) is 10.8 Å². The summed E-state index contributed by atoms with van der Waals surface area (Å²) in [5.41, 5.74) is 5.78. The number of alkyl halides is 3. The van der Waals surface area contributed by atoms with Crippen LogP contribution in [-0.4, -0.2) is 16.5 Å². The number of halogens is 3. The van der Waals surface area contributed by atoms with Gasteiger partial charge in [0.05, 0.1) is 12.3 Å². The summed E-state index contributed by atoms with van der Waals surface area (Å²) in [5.74, 6) is -0.426. The maximum Gasteiger partial charge on any atom is 0.573 e. The number of rotatable bonds is 3. The van der Waals surface area contributed by atoms with Gasteiger partial charge in [0.25, 0.3) is 0 Å². The summed E-state index contributed by atoms with van der Waals surface area (Å²) in [5, 5.41) is 8.88.